The summed E-state index contributed by atoms with van der Waals surface area (Å²) in [5, 5.41) is 0. The Hall–Kier alpha value is -1.15. The Bertz CT molecular complexity index is 311. The molecular formula is C11H12OS. The molecule has 0 heterocycles. The first-order valence-electron chi connectivity index (χ1n) is 3.94. The highest BCUT2D eigenvalue weighted by atomic mass is 32.1. The second-order valence-corrected chi connectivity index (χ2v) is 3.00. The molecule has 0 atom stereocenters. The summed E-state index contributed by atoms with van der Waals surface area (Å²) < 4.78 is 5.04. The van der Waals surface area contributed by atoms with E-state index in [1.807, 2.05) is 30.3 Å². The zero-order chi connectivity index (χ0) is 9.68. The number of hydrogen-bond donors (Lipinski definition) is 1. The van der Waals surface area contributed by atoms with Crippen LogP contribution in [0.5, 0.6) is 5.75 Å². The molecule has 0 saturated heterocycles. The van der Waals surface area contributed by atoms with E-state index in [-0.39, 0.29) is 0 Å². The van der Waals surface area contributed by atoms with Gasteiger partial charge in [0.05, 0.1) is 7.11 Å². The summed E-state index contributed by atoms with van der Waals surface area (Å²) in [4.78, 5) is 0.901. The normalized spacial score (nSPS) is 11.1. The van der Waals surface area contributed by atoms with Crippen molar-refractivity contribution in [3.63, 3.8) is 0 Å². The van der Waals surface area contributed by atoms with E-state index in [0.29, 0.717) is 0 Å². The second-order valence-electron chi connectivity index (χ2n) is 2.52. The molecular weight excluding hydrogens is 180 g/mol. The smallest absolute Gasteiger partial charge is 0.118 e. The maximum atomic E-state index is 5.04. The number of hydrogen-bond acceptors (Lipinski definition) is 2. The highest BCUT2D eigenvalue weighted by molar-refractivity contribution is 7.90. The summed E-state index contributed by atoms with van der Waals surface area (Å²) in [6.45, 7) is 3.61. The summed E-state index contributed by atoms with van der Waals surface area (Å²) in [7, 11) is 1.65. The van der Waals surface area contributed by atoms with Gasteiger partial charge in [0.1, 0.15) is 5.75 Å². The van der Waals surface area contributed by atoms with E-state index in [0.717, 1.165) is 16.2 Å². The first-order valence-corrected chi connectivity index (χ1v) is 4.38. The third-order valence-electron chi connectivity index (χ3n) is 1.66. The van der Waals surface area contributed by atoms with Gasteiger partial charge in [0.2, 0.25) is 0 Å². The van der Waals surface area contributed by atoms with Gasteiger partial charge in [0.15, 0.2) is 0 Å². The van der Waals surface area contributed by atoms with Crippen LogP contribution in [0.25, 0.3) is 4.91 Å². The van der Waals surface area contributed by atoms with Gasteiger partial charge in [-0.25, -0.2) is 0 Å². The van der Waals surface area contributed by atoms with Gasteiger partial charge >= 0.3 is 0 Å². The molecule has 0 amide bonds. The number of benzene rings is 1. The predicted octanol–water partition coefficient (Wildman–Crippen LogP) is 3.15. The lowest BCUT2D eigenvalue weighted by Crippen LogP contribution is -1.82. The Kier molecular flexibility index (Phi) is 3.65. The van der Waals surface area contributed by atoms with E-state index in [4.69, 9.17) is 4.74 Å². The van der Waals surface area contributed by atoms with Crippen LogP contribution in [-0.2, 0) is 0 Å². The van der Waals surface area contributed by atoms with Gasteiger partial charge in [-0.2, -0.15) is 0 Å². The average molecular weight is 192 g/mol. The molecule has 0 radical (unpaired) electrons. The van der Waals surface area contributed by atoms with Crippen molar-refractivity contribution in [1.29, 1.82) is 0 Å². The molecule has 1 nitrogen and oxygen atoms in total. The number of allylic oxidation sites excluding steroid dienone is 2. The fourth-order valence-corrected chi connectivity index (χ4v) is 1.22. The van der Waals surface area contributed by atoms with Crippen molar-refractivity contribution in [3.05, 3.63) is 48.6 Å². The molecule has 0 fully saturated rings. The van der Waals surface area contributed by atoms with E-state index in [1.165, 1.54) is 0 Å². The fourth-order valence-electron chi connectivity index (χ4n) is 0.970. The van der Waals surface area contributed by atoms with Gasteiger partial charge in [-0.1, -0.05) is 24.8 Å². The number of methoxy groups -OCH3 is 1. The van der Waals surface area contributed by atoms with Crippen LogP contribution in [0, 0.1) is 0 Å². The Balaban J connectivity index is 2.91. The molecule has 0 aliphatic carbocycles. The van der Waals surface area contributed by atoms with Crippen LogP contribution >= 0.6 is 12.6 Å². The lowest BCUT2D eigenvalue weighted by molar-refractivity contribution is 0.415. The van der Waals surface area contributed by atoms with E-state index >= 15 is 0 Å². The Labute approximate surface area is 84.1 Å². The molecule has 13 heavy (non-hydrogen) atoms. The van der Waals surface area contributed by atoms with E-state index in [1.54, 1.807) is 13.2 Å². The van der Waals surface area contributed by atoms with Crippen LogP contribution < -0.4 is 4.74 Å². The van der Waals surface area contributed by atoms with Gasteiger partial charge in [-0.3, -0.25) is 0 Å². The van der Waals surface area contributed by atoms with Crippen LogP contribution in [0.4, 0.5) is 0 Å². The van der Waals surface area contributed by atoms with Crippen molar-refractivity contribution < 1.29 is 4.74 Å². The molecule has 2 heteroatoms. The summed E-state index contributed by atoms with van der Waals surface area (Å²) in [6.07, 6.45) is 3.57. The SMILES string of the molecule is C=C/C=C(\S)c1ccc(OC)cc1. The van der Waals surface area contributed by atoms with Crippen LogP contribution in [0.3, 0.4) is 0 Å². The molecule has 0 aliphatic heterocycles. The molecule has 1 aromatic carbocycles. The standard InChI is InChI=1S/C11H12OS/c1-3-4-11(13)9-5-7-10(12-2)8-6-9/h3-8,13H,1H2,2H3/b11-4-. The number of ether oxygens (including phenoxy) is 1. The quantitative estimate of drug-likeness (QED) is 0.571. The molecule has 1 aromatic rings. The van der Waals surface area contributed by atoms with Crippen molar-refractivity contribution in [2.24, 2.45) is 0 Å². The zero-order valence-corrected chi connectivity index (χ0v) is 8.42. The average Bonchev–Trinajstić information content (AvgIpc) is 2.18. The maximum absolute atomic E-state index is 5.04. The van der Waals surface area contributed by atoms with Gasteiger partial charge in [-0.15, -0.1) is 12.6 Å². The number of thiol groups is 1. The van der Waals surface area contributed by atoms with Gasteiger partial charge in [0.25, 0.3) is 0 Å². The molecule has 0 bridgehead atoms. The highest BCUT2D eigenvalue weighted by Crippen LogP contribution is 2.20. The minimum atomic E-state index is 0.850. The van der Waals surface area contributed by atoms with Crippen molar-refractivity contribution in [3.8, 4) is 5.75 Å². The zero-order valence-electron chi connectivity index (χ0n) is 7.53. The minimum Gasteiger partial charge on any atom is -0.497 e. The molecule has 0 saturated carbocycles. The molecule has 1 rings (SSSR count). The summed E-state index contributed by atoms with van der Waals surface area (Å²) in [5.74, 6) is 0.850. The van der Waals surface area contributed by atoms with Gasteiger partial charge in [0, 0.05) is 4.91 Å². The molecule has 68 valence electrons. The minimum absolute atomic E-state index is 0.850. The topological polar surface area (TPSA) is 9.23 Å². The molecule has 0 unspecified atom stereocenters. The van der Waals surface area contributed by atoms with E-state index in [9.17, 15) is 0 Å². The molecule has 0 N–H and O–H groups in total. The summed E-state index contributed by atoms with van der Waals surface area (Å²) in [5.41, 5.74) is 1.06. The Morgan fingerprint density at radius 3 is 2.46 bits per heavy atom. The molecule has 0 spiro atoms. The third kappa shape index (κ3) is 2.67. The Morgan fingerprint density at radius 2 is 2.00 bits per heavy atom. The predicted molar refractivity (Wildman–Crippen MR) is 60.2 cm³/mol. The lowest BCUT2D eigenvalue weighted by atomic mass is 10.2. The van der Waals surface area contributed by atoms with E-state index in [2.05, 4.69) is 19.2 Å². The van der Waals surface area contributed by atoms with Gasteiger partial charge in [-0.05, 0) is 23.8 Å². The highest BCUT2D eigenvalue weighted by Gasteiger charge is 1.95. The summed E-state index contributed by atoms with van der Waals surface area (Å²) >= 11 is 4.31. The first-order chi connectivity index (χ1) is 6.27. The molecule has 0 aliphatic rings. The number of rotatable bonds is 3. The van der Waals surface area contributed by atoms with Crippen molar-refractivity contribution in [2.45, 2.75) is 0 Å². The van der Waals surface area contributed by atoms with Crippen LogP contribution in [0.2, 0.25) is 0 Å². The van der Waals surface area contributed by atoms with Crippen LogP contribution in [-0.4, -0.2) is 7.11 Å². The van der Waals surface area contributed by atoms with Gasteiger partial charge < -0.3 is 4.74 Å². The second kappa shape index (κ2) is 4.77. The Morgan fingerprint density at radius 1 is 1.38 bits per heavy atom. The largest absolute Gasteiger partial charge is 0.497 e. The molecule has 0 aromatic heterocycles. The van der Waals surface area contributed by atoms with Crippen molar-refractivity contribution >= 4 is 17.5 Å². The van der Waals surface area contributed by atoms with Crippen LogP contribution in [0.1, 0.15) is 5.56 Å². The fraction of sp³-hybridized carbons (Fsp3) is 0.0909. The van der Waals surface area contributed by atoms with Crippen molar-refractivity contribution in [2.75, 3.05) is 7.11 Å². The van der Waals surface area contributed by atoms with E-state index < -0.39 is 0 Å². The first kappa shape index (κ1) is 9.93. The van der Waals surface area contributed by atoms with Crippen molar-refractivity contribution in [1.82, 2.24) is 0 Å². The van der Waals surface area contributed by atoms with Crippen LogP contribution in [0.15, 0.2) is 43.0 Å². The summed E-state index contributed by atoms with van der Waals surface area (Å²) in [6, 6.07) is 7.73. The maximum Gasteiger partial charge on any atom is 0.118 e. The lowest BCUT2D eigenvalue weighted by Gasteiger charge is -2.01. The third-order valence-corrected chi connectivity index (χ3v) is 2.07. The monoisotopic (exact) mass is 192 g/mol.